The largest absolute Gasteiger partial charge is 0.279 e. The van der Waals surface area contributed by atoms with Crippen molar-refractivity contribution >= 4 is 27.2 Å². The number of rotatable bonds is 3. The Labute approximate surface area is 148 Å². The maximum absolute atomic E-state index is 12.2. The lowest BCUT2D eigenvalue weighted by atomic mass is 9.88. The van der Waals surface area contributed by atoms with Crippen molar-refractivity contribution in [2.24, 2.45) is 0 Å². The van der Waals surface area contributed by atoms with Crippen LogP contribution in [0.3, 0.4) is 0 Å². The van der Waals surface area contributed by atoms with Gasteiger partial charge in [0.15, 0.2) is 0 Å². The Morgan fingerprint density at radius 2 is 1.70 bits per heavy atom. The number of fused-ring (bicyclic) bond motifs is 1. The lowest BCUT2D eigenvalue weighted by Crippen LogP contribution is -2.41. The van der Waals surface area contributed by atoms with Crippen molar-refractivity contribution in [3.8, 4) is 0 Å². The fourth-order valence-electron chi connectivity index (χ4n) is 3.06. The van der Waals surface area contributed by atoms with Crippen molar-refractivity contribution in [2.75, 3.05) is 20.1 Å². The van der Waals surface area contributed by atoms with E-state index in [9.17, 15) is 8.42 Å². The van der Waals surface area contributed by atoms with Crippen LogP contribution in [0, 0.1) is 0 Å². The summed E-state index contributed by atoms with van der Waals surface area (Å²) in [6, 6.07) is 18.4. The van der Waals surface area contributed by atoms with E-state index in [2.05, 4.69) is 29.0 Å². The third-order valence-corrected chi connectivity index (χ3v) is 5.77. The van der Waals surface area contributed by atoms with Gasteiger partial charge in [-0.3, -0.25) is 0 Å². The molecular formula is C17H21BrN2O2S. The molecule has 1 aliphatic rings. The Hall–Kier alpha value is -1.21. The molecule has 2 aromatic rings. The molecule has 0 spiro atoms. The number of halogens is 1. The summed E-state index contributed by atoms with van der Waals surface area (Å²) in [5.41, 5.74) is 3.60. The molecule has 3 rings (SSSR count). The van der Waals surface area contributed by atoms with Crippen molar-refractivity contribution in [3.63, 3.8) is 0 Å². The second kappa shape index (κ2) is 7.57. The molecule has 1 N–H and O–H groups in total. The zero-order valence-electron chi connectivity index (χ0n) is 13.0. The minimum atomic E-state index is -3.42. The summed E-state index contributed by atoms with van der Waals surface area (Å²) >= 11 is 0. The predicted octanol–water partition coefficient (Wildman–Crippen LogP) is 2.72. The van der Waals surface area contributed by atoms with Crippen LogP contribution in [-0.2, 0) is 16.6 Å². The zero-order valence-corrected chi connectivity index (χ0v) is 15.5. The molecule has 1 aliphatic heterocycles. The summed E-state index contributed by atoms with van der Waals surface area (Å²) in [7, 11) is -1.96. The van der Waals surface area contributed by atoms with Crippen LogP contribution < -0.4 is 4.72 Å². The number of benzene rings is 2. The van der Waals surface area contributed by atoms with Crippen LogP contribution in [0.15, 0.2) is 54.6 Å². The first-order valence-corrected chi connectivity index (χ1v) is 8.87. The predicted molar refractivity (Wildman–Crippen MR) is 98.3 cm³/mol. The average Bonchev–Trinajstić information content (AvgIpc) is 2.76. The standard InChI is InChI=1S/C17H20N2O2S.BrH/c1-18-22(20,21)19-12-11-15-9-5-6-10-16(15)17(13-19)14-7-3-2-4-8-14;/h2-10,17-18H,11-13H2,1H3;1H. The van der Waals surface area contributed by atoms with Gasteiger partial charge in [0.2, 0.25) is 0 Å². The molecule has 0 saturated carbocycles. The van der Waals surface area contributed by atoms with E-state index in [0.717, 1.165) is 12.0 Å². The van der Waals surface area contributed by atoms with Crippen LogP contribution in [0.1, 0.15) is 22.6 Å². The summed E-state index contributed by atoms with van der Waals surface area (Å²) in [6.07, 6.45) is 0.737. The maximum Gasteiger partial charge on any atom is 0.279 e. The zero-order chi connectivity index (χ0) is 15.6. The van der Waals surface area contributed by atoms with Crippen LogP contribution in [0.5, 0.6) is 0 Å². The van der Waals surface area contributed by atoms with Gasteiger partial charge in [0.1, 0.15) is 0 Å². The normalized spacial score (nSPS) is 18.6. The van der Waals surface area contributed by atoms with E-state index >= 15 is 0 Å². The van der Waals surface area contributed by atoms with Crippen molar-refractivity contribution in [1.29, 1.82) is 0 Å². The number of nitrogens with zero attached hydrogens (tertiary/aromatic N) is 1. The molecular weight excluding hydrogens is 376 g/mol. The second-order valence-electron chi connectivity index (χ2n) is 5.48. The lowest BCUT2D eigenvalue weighted by molar-refractivity contribution is 0.407. The van der Waals surface area contributed by atoms with E-state index in [-0.39, 0.29) is 22.9 Å². The topological polar surface area (TPSA) is 49.4 Å². The van der Waals surface area contributed by atoms with Gasteiger partial charge >= 0.3 is 0 Å². The molecule has 0 saturated heterocycles. The van der Waals surface area contributed by atoms with Gasteiger partial charge in [-0.25, -0.2) is 4.72 Å². The molecule has 124 valence electrons. The Kier molecular flexibility index (Phi) is 5.97. The molecule has 1 unspecified atom stereocenters. The molecule has 0 radical (unpaired) electrons. The Morgan fingerprint density at radius 1 is 1.04 bits per heavy atom. The minimum Gasteiger partial charge on any atom is -0.205 e. The van der Waals surface area contributed by atoms with Crippen LogP contribution in [0.25, 0.3) is 0 Å². The first-order chi connectivity index (χ1) is 10.6. The van der Waals surface area contributed by atoms with Gasteiger partial charge < -0.3 is 0 Å². The Bertz CT molecular complexity index is 750. The Morgan fingerprint density at radius 3 is 2.39 bits per heavy atom. The van der Waals surface area contributed by atoms with Gasteiger partial charge in [-0.15, -0.1) is 17.0 Å². The molecule has 0 aromatic heterocycles. The lowest BCUT2D eigenvalue weighted by Gasteiger charge is -2.24. The quantitative estimate of drug-likeness (QED) is 0.866. The molecule has 4 nitrogen and oxygen atoms in total. The summed E-state index contributed by atoms with van der Waals surface area (Å²) in [6.45, 7) is 0.966. The van der Waals surface area contributed by atoms with E-state index in [1.54, 1.807) is 4.31 Å². The smallest absolute Gasteiger partial charge is 0.205 e. The molecule has 1 heterocycles. The van der Waals surface area contributed by atoms with E-state index < -0.39 is 10.2 Å². The van der Waals surface area contributed by atoms with Crippen LogP contribution >= 0.6 is 17.0 Å². The highest BCUT2D eigenvalue weighted by atomic mass is 79.9. The van der Waals surface area contributed by atoms with Crippen LogP contribution in [0.2, 0.25) is 0 Å². The Balaban J connectivity index is 0.00000192. The molecule has 6 heteroatoms. The molecule has 0 fully saturated rings. The molecule has 1 atom stereocenters. The van der Waals surface area contributed by atoms with Crippen LogP contribution in [0.4, 0.5) is 0 Å². The average molecular weight is 397 g/mol. The van der Waals surface area contributed by atoms with Gasteiger partial charge in [-0.1, -0.05) is 54.6 Å². The van der Waals surface area contributed by atoms with Gasteiger partial charge in [0.05, 0.1) is 0 Å². The highest BCUT2D eigenvalue weighted by molar-refractivity contribution is 8.93. The third kappa shape index (κ3) is 3.83. The van der Waals surface area contributed by atoms with Crippen LogP contribution in [-0.4, -0.2) is 32.9 Å². The molecule has 0 amide bonds. The van der Waals surface area contributed by atoms with E-state index in [4.69, 9.17) is 0 Å². The van der Waals surface area contributed by atoms with Gasteiger partial charge in [-0.05, 0) is 23.1 Å². The highest BCUT2D eigenvalue weighted by Gasteiger charge is 2.29. The van der Waals surface area contributed by atoms with Crippen molar-refractivity contribution in [1.82, 2.24) is 9.03 Å². The maximum atomic E-state index is 12.2. The molecule has 0 aliphatic carbocycles. The number of hydrogen-bond acceptors (Lipinski definition) is 2. The highest BCUT2D eigenvalue weighted by Crippen LogP contribution is 2.31. The van der Waals surface area contributed by atoms with Gasteiger partial charge in [0.25, 0.3) is 10.2 Å². The van der Waals surface area contributed by atoms with E-state index in [1.165, 1.54) is 18.2 Å². The van der Waals surface area contributed by atoms with Crippen molar-refractivity contribution in [3.05, 3.63) is 71.3 Å². The van der Waals surface area contributed by atoms with Gasteiger partial charge in [-0.2, -0.15) is 12.7 Å². The monoisotopic (exact) mass is 396 g/mol. The van der Waals surface area contributed by atoms with E-state index in [0.29, 0.717) is 13.1 Å². The fraction of sp³-hybridized carbons (Fsp3) is 0.294. The van der Waals surface area contributed by atoms with Crippen molar-refractivity contribution in [2.45, 2.75) is 12.3 Å². The van der Waals surface area contributed by atoms with Crippen molar-refractivity contribution < 1.29 is 8.42 Å². The molecule has 2 aromatic carbocycles. The third-order valence-electron chi connectivity index (χ3n) is 4.25. The summed E-state index contributed by atoms with van der Waals surface area (Å²) in [4.78, 5) is 0. The second-order valence-corrected chi connectivity index (χ2v) is 7.35. The molecule has 0 bridgehead atoms. The first kappa shape index (κ1) is 18.1. The minimum absolute atomic E-state index is 0. The molecule has 23 heavy (non-hydrogen) atoms. The summed E-state index contributed by atoms with van der Waals surface area (Å²) in [5.74, 6) is 0.0584. The summed E-state index contributed by atoms with van der Waals surface area (Å²) < 4.78 is 28.5. The fourth-order valence-corrected chi connectivity index (χ4v) is 3.99. The van der Waals surface area contributed by atoms with E-state index in [1.807, 2.05) is 30.3 Å². The number of hydrogen-bond donors (Lipinski definition) is 1. The SMILES string of the molecule is Br.CNS(=O)(=O)N1CCc2ccccc2C(c2ccccc2)C1. The van der Waals surface area contributed by atoms with Gasteiger partial charge in [0, 0.05) is 26.1 Å². The summed E-state index contributed by atoms with van der Waals surface area (Å²) in [5, 5.41) is 0. The first-order valence-electron chi connectivity index (χ1n) is 7.43. The number of nitrogens with one attached hydrogen (secondary N) is 1.